The molecule has 0 radical (unpaired) electrons. The maximum absolute atomic E-state index is 10.9. The minimum absolute atomic E-state index is 0.0735. The highest BCUT2D eigenvalue weighted by molar-refractivity contribution is 5.67. The average Bonchev–Trinajstić information content (AvgIpc) is 2.57. The number of aromatic nitrogens is 1. The van der Waals surface area contributed by atoms with Crippen LogP contribution in [0, 0.1) is 5.92 Å². The summed E-state index contributed by atoms with van der Waals surface area (Å²) in [5.74, 6) is -0.480. The lowest BCUT2D eigenvalue weighted by molar-refractivity contribution is -0.138. The first-order chi connectivity index (χ1) is 8.50. The fourth-order valence-corrected chi connectivity index (χ4v) is 2.74. The predicted octanol–water partition coefficient (Wildman–Crippen LogP) is 2.16. The Morgan fingerprint density at radius 3 is 2.94 bits per heavy atom. The molecule has 0 aliphatic carbocycles. The highest BCUT2D eigenvalue weighted by Crippen LogP contribution is 2.37. The Balaban J connectivity index is 2.05. The Kier molecular flexibility index (Phi) is 3.66. The second-order valence-electron chi connectivity index (χ2n) is 5.48. The molecular formula is C14H20N2O2. The van der Waals surface area contributed by atoms with Crippen LogP contribution < -0.4 is 0 Å². The van der Waals surface area contributed by atoms with Crippen LogP contribution in [-0.4, -0.2) is 33.0 Å². The molecule has 0 spiro atoms. The van der Waals surface area contributed by atoms with E-state index in [2.05, 4.69) is 23.7 Å². The monoisotopic (exact) mass is 248 g/mol. The number of likely N-dealkylation sites (tertiary alicyclic amines) is 1. The third-order valence-corrected chi connectivity index (χ3v) is 4.06. The number of pyridine rings is 1. The van der Waals surface area contributed by atoms with Crippen molar-refractivity contribution in [2.75, 3.05) is 6.54 Å². The highest BCUT2D eigenvalue weighted by Gasteiger charge is 2.41. The van der Waals surface area contributed by atoms with Gasteiger partial charge in [0, 0.05) is 24.7 Å². The standard InChI is InChI=1S/C14H20N2O2/c1-14(2)11(9-13(17)18)6-8-16(14)10-12-5-3-4-7-15-12/h3-5,7,11H,6,8-10H2,1-2H3,(H,17,18). The first-order valence-corrected chi connectivity index (χ1v) is 6.37. The van der Waals surface area contributed by atoms with Crippen LogP contribution in [0.2, 0.25) is 0 Å². The molecule has 1 aromatic heterocycles. The number of hydrogen-bond donors (Lipinski definition) is 1. The Morgan fingerprint density at radius 2 is 2.33 bits per heavy atom. The predicted molar refractivity (Wildman–Crippen MR) is 69.1 cm³/mol. The van der Waals surface area contributed by atoms with E-state index in [9.17, 15) is 4.79 Å². The lowest BCUT2D eigenvalue weighted by Gasteiger charge is -2.35. The molecule has 1 fully saturated rings. The number of carboxylic acid groups (broad SMARTS) is 1. The van der Waals surface area contributed by atoms with Gasteiger partial charge in [-0.2, -0.15) is 0 Å². The first kappa shape index (κ1) is 13.0. The van der Waals surface area contributed by atoms with Gasteiger partial charge in [0.1, 0.15) is 0 Å². The van der Waals surface area contributed by atoms with Crippen molar-refractivity contribution in [3.8, 4) is 0 Å². The maximum Gasteiger partial charge on any atom is 0.303 e. The molecule has 1 unspecified atom stereocenters. The van der Waals surface area contributed by atoms with Crippen LogP contribution in [-0.2, 0) is 11.3 Å². The van der Waals surface area contributed by atoms with E-state index in [-0.39, 0.29) is 17.9 Å². The van der Waals surface area contributed by atoms with Crippen LogP contribution in [0.4, 0.5) is 0 Å². The van der Waals surface area contributed by atoms with Gasteiger partial charge in [0.15, 0.2) is 0 Å². The van der Waals surface area contributed by atoms with Crippen molar-refractivity contribution in [3.05, 3.63) is 30.1 Å². The SMILES string of the molecule is CC1(C)C(CC(=O)O)CCN1Cc1ccccn1. The zero-order valence-corrected chi connectivity index (χ0v) is 11.0. The average molecular weight is 248 g/mol. The van der Waals surface area contributed by atoms with Gasteiger partial charge in [-0.3, -0.25) is 14.7 Å². The maximum atomic E-state index is 10.9. The quantitative estimate of drug-likeness (QED) is 0.887. The van der Waals surface area contributed by atoms with Crippen molar-refractivity contribution >= 4 is 5.97 Å². The summed E-state index contributed by atoms with van der Waals surface area (Å²) in [4.78, 5) is 17.5. The number of aliphatic carboxylic acids is 1. The summed E-state index contributed by atoms with van der Waals surface area (Å²) in [6, 6.07) is 5.91. The summed E-state index contributed by atoms with van der Waals surface area (Å²) in [7, 11) is 0. The third-order valence-electron chi connectivity index (χ3n) is 4.06. The summed E-state index contributed by atoms with van der Waals surface area (Å²) in [6.07, 6.45) is 3.00. The summed E-state index contributed by atoms with van der Waals surface area (Å²) >= 11 is 0. The van der Waals surface area contributed by atoms with E-state index in [0.717, 1.165) is 25.2 Å². The summed E-state index contributed by atoms with van der Waals surface area (Å²) in [5, 5.41) is 8.95. The van der Waals surface area contributed by atoms with E-state index in [1.807, 2.05) is 18.2 Å². The molecule has 4 heteroatoms. The number of nitrogens with zero attached hydrogens (tertiary/aromatic N) is 2. The van der Waals surface area contributed by atoms with Crippen LogP contribution in [0.1, 0.15) is 32.4 Å². The molecule has 0 aromatic carbocycles. The summed E-state index contributed by atoms with van der Waals surface area (Å²) in [5.41, 5.74) is 0.970. The van der Waals surface area contributed by atoms with E-state index < -0.39 is 5.97 Å². The van der Waals surface area contributed by atoms with Gasteiger partial charge in [0.05, 0.1) is 5.69 Å². The van der Waals surface area contributed by atoms with Crippen molar-refractivity contribution in [1.29, 1.82) is 0 Å². The van der Waals surface area contributed by atoms with Crippen LogP contribution in [0.3, 0.4) is 0 Å². The fourth-order valence-electron chi connectivity index (χ4n) is 2.74. The van der Waals surface area contributed by atoms with Crippen molar-refractivity contribution in [1.82, 2.24) is 9.88 Å². The molecule has 18 heavy (non-hydrogen) atoms. The molecule has 2 rings (SSSR count). The lowest BCUT2D eigenvalue weighted by atomic mass is 9.86. The number of carboxylic acids is 1. The Hall–Kier alpha value is -1.42. The van der Waals surface area contributed by atoms with Gasteiger partial charge in [-0.05, 0) is 44.9 Å². The van der Waals surface area contributed by atoms with Crippen molar-refractivity contribution < 1.29 is 9.90 Å². The van der Waals surface area contributed by atoms with Crippen molar-refractivity contribution in [2.24, 2.45) is 5.92 Å². The number of hydrogen-bond acceptors (Lipinski definition) is 3. The molecule has 0 amide bonds. The molecule has 0 bridgehead atoms. The molecule has 1 N–H and O–H groups in total. The lowest BCUT2D eigenvalue weighted by Crippen LogP contribution is -2.42. The Morgan fingerprint density at radius 1 is 1.56 bits per heavy atom. The Bertz CT molecular complexity index is 417. The Labute approximate surface area is 108 Å². The zero-order chi connectivity index (χ0) is 13.2. The second-order valence-corrected chi connectivity index (χ2v) is 5.48. The van der Waals surface area contributed by atoms with Gasteiger partial charge in [-0.1, -0.05) is 6.07 Å². The first-order valence-electron chi connectivity index (χ1n) is 6.37. The molecule has 1 saturated heterocycles. The van der Waals surface area contributed by atoms with Crippen LogP contribution >= 0.6 is 0 Å². The summed E-state index contributed by atoms with van der Waals surface area (Å²) < 4.78 is 0. The molecule has 98 valence electrons. The van der Waals surface area contributed by atoms with Crippen LogP contribution in [0.15, 0.2) is 24.4 Å². The smallest absolute Gasteiger partial charge is 0.303 e. The number of rotatable bonds is 4. The topological polar surface area (TPSA) is 53.4 Å². The molecule has 1 atom stereocenters. The minimum atomic E-state index is -0.701. The van der Waals surface area contributed by atoms with E-state index in [0.29, 0.717) is 0 Å². The van der Waals surface area contributed by atoms with E-state index in [1.54, 1.807) is 6.20 Å². The van der Waals surface area contributed by atoms with Gasteiger partial charge in [0.2, 0.25) is 0 Å². The van der Waals surface area contributed by atoms with Gasteiger partial charge in [0.25, 0.3) is 0 Å². The molecule has 1 aromatic rings. The van der Waals surface area contributed by atoms with Crippen molar-refractivity contribution in [2.45, 2.75) is 38.8 Å². The molecular weight excluding hydrogens is 228 g/mol. The third kappa shape index (κ3) is 2.70. The molecule has 1 aliphatic heterocycles. The highest BCUT2D eigenvalue weighted by atomic mass is 16.4. The van der Waals surface area contributed by atoms with Gasteiger partial charge >= 0.3 is 5.97 Å². The van der Waals surface area contributed by atoms with E-state index in [1.165, 1.54) is 0 Å². The number of carbonyl (C=O) groups is 1. The van der Waals surface area contributed by atoms with Gasteiger partial charge < -0.3 is 5.11 Å². The van der Waals surface area contributed by atoms with Gasteiger partial charge in [-0.25, -0.2) is 0 Å². The van der Waals surface area contributed by atoms with Crippen molar-refractivity contribution in [3.63, 3.8) is 0 Å². The zero-order valence-electron chi connectivity index (χ0n) is 11.0. The van der Waals surface area contributed by atoms with E-state index >= 15 is 0 Å². The second kappa shape index (κ2) is 5.06. The van der Waals surface area contributed by atoms with Crippen LogP contribution in [0.25, 0.3) is 0 Å². The summed E-state index contributed by atoms with van der Waals surface area (Å²) in [6.45, 7) is 6.01. The minimum Gasteiger partial charge on any atom is -0.481 e. The van der Waals surface area contributed by atoms with E-state index in [4.69, 9.17) is 5.11 Å². The molecule has 1 aliphatic rings. The van der Waals surface area contributed by atoms with Gasteiger partial charge in [-0.15, -0.1) is 0 Å². The normalized spacial score (nSPS) is 23.1. The largest absolute Gasteiger partial charge is 0.481 e. The molecule has 2 heterocycles. The van der Waals surface area contributed by atoms with Crippen LogP contribution in [0.5, 0.6) is 0 Å². The molecule has 0 saturated carbocycles. The fraction of sp³-hybridized carbons (Fsp3) is 0.571. The molecule has 4 nitrogen and oxygen atoms in total.